The van der Waals surface area contributed by atoms with Crippen LogP contribution in [-0.2, 0) is 6.42 Å². The van der Waals surface area contributed by atoms with Crippen LogP contribution in [0.1, 0.15) is 40.1 Å². The Morgan fingerprint density at radius 3 is 2.67 bits per heavy atom. The third-order valence-corrected chi connectivity index (χ3v) is 5.16. The Kier molecular flexibility index (Phi) is 4.71. The molecular weight excluding hydrogens is 322 g/mol. The summed E-state index contributed by atoms with van der Waals surface area (Å²) in [5.74, 6) is 0.0000489. The Hall–Kier alpha value is -2.54. The Balaban J connectivity index is 1.75. The van der Waals surface area contributed by atoms with Crippen LogP contribution in [0.4, 0.5) is 0 Å². The van der Waals surface area contributed by atoms with Crippen LogP contribution in [0.5, 0.6) is 0 Å². The quantitative estimate of drug-likeness (QED) is 0.715. The normalized spacial score (nSPS) is 12.1. The summed E-state index contributed by atoms with van der Waals surface area (Å²) in [6.45, 7) is 4.06. The summed E-state index contributed by atoms with van der Waals surface area (Å²) in [7, 11) is 1.82. The number of hydrogen-bond donors (Lipinski definition) is 0. The second kappa shape index (κ2) is 6.92. The molecule has 3 rings (SSSR count). The van der Waals surface area contributed by atoms with Gasteiger partial charge in [0.1, 0.15) is 17.5 Å². The first-order valence-corrected chi connectivity index (χ1v) is 8.58. The molecule has 0 saturated heterocycles. The second-order valence-corrected chi connectivity index (χ2v) is 6.61. The lowest BCUT2D eigenvalue weighted by Gasteiger charge is -2.25. The van der Waals surface area contributed by atoms with Gasteiger partial charge in [-0.15, -0.1) is 11.3 Å². The Labute approximate surface area is 144 Å². The third kappa shape index (κ3) is 3.21. The van der Waals surface area contributed by atoms with Gasteiger partial charge in [-0.3, -0.25) is 4.79 Å². The number of thiazole rings is 1. The van der Waals surface area contributed by atoms with E-state index < -0.39 is 0 Å². The van der Waals surface area contributed by atoms with E-state index in [-0.39, 0.29) is 11.9 Å². The third-order valence-electron chi connectivity index (χ3n) is 4.03. The molecule has 3 aromatic rings. The van der Waals surface area contributed by atoms with Crippen molar-refractivity contribution < 1.29 is 4.79 Å². The van der Waals surface area contributed by atoms with Crippen LogP contribution in [0.2, 0.25) is 0 Å². The summed E-state index contributed by atoms with van der Waals surface area (Å²) < 4.78 is 1.70. The lowest BCUT2D eigenvalue weighted by molar-refractivity contribution is 0.0747. The van der Waals surface area contributed by atoms with Crippen molar-refractivity contribution >= 4 is 17.2 Å². The summed E-state index contributed by atoms with van der Waals surface area (Å²) in [6, 6.07) is 7.93. The smallest absolute Gasteiger partial charge is 0.265 e. The zero-order valence-corrected chi connectivity index (χ0v) is 14.7. The molecule has 0 N–H and O–H groups in total. The van der Waals surface area contributed by atoms with Crippen molar-refractivity contribution in [1.82, 2.24) is 24.6 Å². The van der Waals surface area contributed by atoms with Crippen molar-refractivity contribution in [1.29, 1.82) is 0 Å². The maximum atomic E-state index is 12.6. The van der Waals surface area contributed by atoms with E-state index in [4.69, 9.17) is 0 Å². The zero-order chi connectivity index (χ0) is 17.1. The molecule has 2 aromatic heterocycles. The molecule has 124 valence electrons. The number of aryl methyl sites for hydroxylation is 1. The molecule has 1 amide bonds. The lowest BCUT2D eigenvalue weighted by Crippen LogP contribution is -2.29. The highest BCUT2D eigenvalue weighted by Crippen LogP contribution is 2.24. The summed E-state index contributed by atoms with van der Waals surface area (Å²) in [5.41, 5.74) is 2.00. The number of aromatic nitrogens is 4. The Bertz CT molecular complexity index is 810. The maximum absolute atomic E-state index is 12.6. The first-order chi connectivity index (χ1) is 11.6. The van der Waals surface area contributed by atoms with E-state index >= 15 is 0 Å². The number of nitrogens with zero attached hydrogens (tertiary/aromatic N) is 5. The van der Waals surface area contributed by atoms with Crippen LogP contribution >= 0.6 is 11.3 Å². The van der Waals surface area contributed by atoms with E-state index in [2.05, 4.69) is 15.1 Å². The largest absolute Gasteiger partial charge is 0.334 e. The number of benzene rings is 1. The van der Waals surface area contributed by atoms with Crippen LogP contribution in [-0.4, -0.2) is 37.6 Å². The second-order valence-electron chi connectivity index (χ2n) is 5.50. The highest BCUT2D eigenvalue weighted by Gasteiger charge is 2.20. The molecule has 0 aliphatic carbocycles. The monoisotopic (exact) mass is 341 g/mol. The first kappa shape index (κ1) is 16.3. The average molecular weight is 341 g/mol. The highest BCUT2D eigenvalue weighted by atomic mass is 32.1. The molecule has 6 nitrogen and oxygen atoms in total. The van der Waals surface area contributed by atoms with Crippen molar-refractivity contribution in [2.24, 2.45) is 0 Å². The summed E-state index contributed by atoms with van der Waals surface area (Å²) in [5, 5.41) is 5.09. The van der Waals surface area contributed by atoms with Crippen LogP contribution in [0.15, 0.2) is 43.1 Å². The van der Waals surface area contributed by atoms with E-state index in [0.717, 1.165) is 22.7 Å². The van der Waals surface area contributed by atoms with E-state index in [1.807, 2.05) is 45.2 Å². The minimum absolute atomic E-state index is 0.0000489. The van der Waals surface area contributed by atoms with Crippen LogP contribution < -0.4 is 0 Å². The molecule has 2 heterocycles. The predicted molar refractivity (Wildman–Crippen MR) is 93.4 cm³/mol. The predicted octanol–water partition coefficient (Wildman–Crippen LogP) is 3.12. The molecule has 1 unspecified atom stereocenters. The molecule has 0 saturated carbocycles. The fraction of sp³-hybridized carbons (Fsp3) is 0.294. The van der Waals surface area contributed by atoms with Gasteiger partial charge in [-0.2, -0.15) is 5.10 Å². The van der Waals surface area contributed by atoms with Crippen molar-refractivity contribution in [3.8, 4) is 5.69 Å². The van der Waals surface area contributed by atoms with Gasteiger partial charge < -0.3 is 4.90 Å². The van der Waals surface area contributed by atoms with E-state index in [1.165, 1.54) is 17.7 Å². The van der Waals surface area contributed by atoms with Crippen molar-refractivity contribution in [3.05, 3.63) is 58.6 Å². The number of rotatable bonds is 5. The molecule has 0 aliphatic heterocycles. The molecule has 1 atom stereocenters. The number of carbonyl (C=O) groups excluding carboxylic acids is 1. The van der Waals surface area contributed by atoms with Gasteiger partial charge in [-0.25, -0.2) is 14.6 Å². The molecular formula is C17H19N5OS. The van der Waals surface area contributed by atoms with Gasteiger partial charge in [0.05, 0.1) is 22.9 Å². The molecule has 0 spiro atoms. The van der Waals surface area contributed by atoms with Gasteiger partial charge in [0.2, 0.25) is 0 Å². The van der Waals surface area contributed by atoms with E-state index in [1.54, 1.807) is 22.1 Å². The zero-order valence-electron chi connectivity index (χ0n) is 13.9. The standard InChI is InChI=1S/C17H19N5OS/c1-4-16-19-9-15(24-16)17(23)21(3)12(2)13-5-7-14(8-6-13)22-11-18-10-20-22/h5-12H,4H2,1-3H3. The number of carbonyl (C=O) groups is 1. The summed E-state index contributed by atoms with van der Waals surface area (Å²) >= 11 is 1.46. The molecule has 24 heavy (non-hydrogen) atoms. The molecule has 7 heteroatoms. The minimum atomic E-state index is -0.0329. The average Bonchev–Trinajstić information content (AvgIpc) is 3.31. The van der Waals surface area contributed by atoms with Crippen molar-refractivity contribution in [3.63, 3.8) is 0 Å². The van der Waals surface area contributed by atoms with Crippen LogP contribution in [0, 0.1) is 0 Å². The van der Waals surface area contributed by atoms with Crippen LogP contribution in [0.3, 0.4) is 0 Å². The fourth-order valence-electron chi connectivity index (χ4n) is 2.39. The number of amides is 1. The van der Waals surface area contributed by atoms with E-state index in [9.17, 15) is 4.79 Å². The van der Waals surface area contributed by atoms with Crippen LogP contribution in [0.25, 0.3) is 5.69 Å². The van der Waals surface area contributed by atoms with E-state index in [0.29, 0.717) is 4.88 Å². The minimum Gasteiger partial charge on any atom is -0.334 e. The van der Waals surface area contributed by atoms with Gasteiger partial charge in [0.25, 0.3) is 5.91 Å². The molecule has 0 fully saturated rings. The van der Waals surface area contributed by atoms with Gasteiger partial charge in [0.15, 0.2) is 0 Å². The summed E-state index contributed by atoms with van der Waals surface area (Å²) in [6.07, 6.45) is 5.68. The van der Waals surface area contributed by atoms with Crippen molar-refractivity contribution in [2.75, 3.05) is 7.05 Å². The Morgan fingerprint density at radius 2 is 2.08 bits per heavy atom. The van der Waals surface area contributed by atoms with Gasteiger partial charge in [0, 0.05) is 7.05 Å². The van der Waals surface area contributed by atoms with Gasteiger partial charge in [-0.05, 0) is 31.0 Å². The SMILES string of the molecule is CCc1ncc(C(=O)N(C)C(C)c2ccc(-n3cncn3)cc2)s1. The maximum Gasteiger partial charge on any atom is 0.265 e. The van der Waals surface area contributed by atoms with Gasteiger partial charge in [-0.1, -0.05) is 19.1 Å². The van der Waals surface area contributed by atoms with Crippen molar-refractivity contribution in [2.45, 2.75) is 26.3 Å². The lowest BCUT2D eigenvalue weighted by atomic mass is 10.1. The fourth-order valence-corrected chi connectivity index (χ4v) is 3.23. The molecule has 0 aliphatic rings. The molecule has 0 bridgehead atoms. The Morgan fingerprint density at radius 1 is 1.33 bits per heavy atom. The molecule has 1 aromatic carbocycles. The number of hydrogen-bond acceptors (Lipinski definition) is 5. The first-order valence-electron chi connectivity index (χ1n) is 7.77. The topological polar surface area (TPSA) is 63.9 Å². The highest BCUT2D eigenvalue weighted by molar-refractivity contribution is 7.13. The molecule has 0 radical (unpaired) electrons. The summed E-state index contributed by atoms with van der Waals surface area (Å²) in [4.78, 5) is 23.3. The van der Waals surface area contributed by atoms with Gasteiger partial charge >= 0.3 is 0 Å².